The highest BCUT2D eigenvalue weighted by Gasteiger charge is 2.62. The van der Waals surface area contributed by atoms with E-state index in [0.29, 0.717) is 6.42 Å². The average molecular weight is 252 g/mol. The number of aliphatic carboxylic acids is 1. The van der Waals surface area contributed by atoms with Gasteiger partial charge in [-0.05, 0) is 24.5 Å². The predicted octanol–water partition coefficient (Wildman–Crippen LogP) is 3.50. The first-order chi connectivity index (χ1) is 9.14. The highest BCUT2D eigenvalue weighted by Crippen LogP contribution is 2.60. The van der Waals surface area contributed by atoms with Crippen molar-refractivity contribution in [1.29, 1.82) is 0 Å². The van der Waals surface area contributed by atoms with E-state index in [-0.39, 0.29) is 5.92 Å². The summed E-state index contributed by atoms with van der Waals surface area (Å²) in [5.74, 6) is -0.627. The Morgan fingerprint density at radius 1 is 1.16 bits per heavy atom. The van der Waals surface area contributed by atoms with Crippen molar-refractivity contribution in [2.24, 2.45) is 0 Å². The second-order valence-corrected chi connectivity index (χ2v) is 5.31. The van der Waals surface area contributed by atoms with Crippen molar-refractivity contribution < 1.29 is 9.90 Å². The lowest BCUT2D eigenvalue weighted by Crippen LogP contribution is -2.21. The van der Waals surface area contributed by atoms with Crippen molar-refractivity contribution in [3.8, 4) is 0 Å². The standard InChI is InChI=1S/C17H16O2/c1-12-6-5-7-13(10-12)15-11-17(15,16(18)19)14-8-3-2-4-9-14/h2-10,15H,11H2,1H3,(H,18,19). The number of carbonyl (C=O) groups is 1. The number of carboxylic acid groups (broad SMARTS) is 1. The molecule has 2 heteroatoms. The number of hydrogen-bond acceptors (Lipinski definition) is 1. The Kier molecular flexibility index (Phi) is 2.67. The van der Waals surface area contributed by atoms with Crippen LogP contribution >= 0.6 is 0 Å². The van der Waals surface area contributed by atoms with Crippen molar-refractivity contribution >= 4 is 5.97 Å². The van der Waals surface area contributed by atoms with Crippen LogP contribution in [0.1, 0.15) is 29.0 Å². The van der Waals surface area contributed by atoms with Crippen LogP contribution < -0.4 is 0 Å². The molecule has 0 heterocycles. The molecule has 3 rings (SSSR count). The maximum absolute atomic E-state index is 11.8. The number of benzene rings is 2. The molecular formula is C17H16O2. The van der Waals surface area contributed by atoms with Crippen LogP contribution in [0.15, 0.2) is 54.6 Å². The molecule has 2 atom stereocenters. The maximum Gasteiger partial charge on any atom is 0.314 e. The minimum Gasteiger partial charge on any atom is -0.481 e. The van der Waals surface area contributed by atoms with Gasteiger partial charge in [0.1, 0.15) is 5.41 Å². The van der Waals surface area contributed by atoms with E-state index >= 15 is 0 Å². The van der Waals surface area contributed by atoms with Gasteiger partial charge in [0.05, 0.1) is 0 Å². The van der Waals surface area contributed by atoms with Crippen LogP contribution in [-0.2, 0) is 10.2 Å². The molecule has 1 aliphatic carbocycles. The molecule has 1 N–H and O–H groups in total. The molecule has 19 heavy (non-hydrogen) atoms. The molecule has 96 valence electrons. The van der Waals surface area contributed by atoms with Gasteiger partial charge in [0.25, 0.3) is 0 Å². The van der Waals surface area contributed by atoms with Crippen molar-refractivity contribution in [2.45, 2.75) is 24.7 Å². The third-order valence-electron chi connectivity index (χ3n) is 4.08. The summed E-state index contributed by atoms with van der Waals surface area (Å²) in [6, 6.07) is 17.7. The van der Waals surface area contributed by atoms with Gasteiger partial charge < -0.3 is 5.11 Å². The smallest absolute Gasteiger partial charge is 0.314 e. The van der Waals surface area contributed by atoms with Crippen molar-refractivity contribution in [2.75, 3.05) is 0 Å². The Labute approximate surface area is 112 Å². The van der Waals surface area contributed by atoms with E-state index in [0.717, 1.165) is 11.1 Å². The van der Waals surface area contributed by atoms with Crippen LogP contribution in [0.5, 0.6) is 0 Å². The topological polar surface area (TPSA) is 37.3 Å². The Morgan fingerprint density at radius 3 is 2.53 bits per heavy atom. The van der Waals surface area contributed by atoms with Crippen LogP contribution in [0.25, 0.3) is 0 Å². The molecule has 0 amide bonds. The van der Waals surface area contributed by atoms with Gasteiger partial charge in [-0.25, -0.2) is 0 Å². The fraction of sp³-hybridized carbons (Fsp3) is 0.235. The highest BCUT2D eigenvalue weighted by molar-refractivity contribution is 5.87. The van der Waals surface area contributed by atoms with E-state index in [1.165, 1.54) is 5.56 Å². The van der Waals surface area contributed by atoms with Crippen LogP contribution in [0, 0.1) is 6.92 Å². The Morgan fingerprint density at radius 2 is 1.89 bits per heavy atom. The summed E-state index contributed by atoms with van der Waals surface area (Å²) in [6.07, 6.45) is 0.690. The van der Waals surface area contributed by atoms with Crippen molar-refractivity contribution in [1.82, 2.24) is 0 Å². The van der Waals surface area contributed by atoms with Gasteiger partial charge in [0.2, 0.25) is 0 Å². The van der Waals surface area contributed by atoms with Gasteiger partial charge in [-0.3, -0.25) is 4.79 Å². The molecule has 0 radical (unpaired) electrons. The zero-order valence-corrected chi connectivity index (χ0v) is 10.8. The first-order valence-electron chi connectivity index (χ1n) is 6.50. The molecule has 1 saturated carbocycles. The third kappa shape index (κ3) is 1.84. The number of aryl methyl sites for hydroxylation is 1. The van der Waals surface area contributed by atoms with E-state index in [4.69, 9.17) is 0 Å². The van der Waals surface area contributed by atoms with Crippen LogP contribution in [0.2, 0.25) is 0 Å². The molecular weight excluding hydrogens is 236 g/mol. The van der Waals surface area contributed by atoms with Gasteiger partial charge >= 0.3 is 5.97 Å². The number of carboxylic acids is 1. The summed E-state index contributed by atoms with van der Waals surface area (Å²) in [7, 11) is 0. The fourth-order valence-electron chi connectivity index (χ4n) is 2.97. The monoisotopic (exact) mass is 252 g/mol. The Bertz CT molecular complexity index is 618. The second kappa shape index (κ2) is 4.23. The highest BCUT2D eigenvalue weighted by atomic mass is 16.4. The summed E-state index contributed by atoms with van der Waals surface area (Å²) >= 11 is 0. The largest absolute Gasteiger partial charge is 0.481 e. The van der Waals surface area contributed by atoms with Crippen LogP contribution in [0.4, 0.5) is 0 Å². The molecule has 2 aromatic carbocycles. The van der Waals surface area contributed by atoms with E-state index in [1.807, 2.05) is 55.5 Å². The average Bonchev–Trinajstić information content (AvgIpc) is 3.16. The summed E-state index contributed by atoms with van der Waals surface area (Å²) in [5.41, 5.74) is 2.49. The van der Waals surface area contributed by atoms with Crippen molar-refractivity contribution in [3.63, 3.8) is 0 Å². The first kappa shape index (κ1) is 12.0. The zero-order valence-electron chi connectivity index (χ0n) is 10.8. The number of hydrogen-bond donors (Lipinski definition) is 1. The molecule has 2 nitrogen and oxygen atoms in total. The summed E-state index contributed by atoms with van der Waals surface area (Å²) < 4.78 is 0. The minimum absolute atomic E-state index is 0.0901. The Balaban J connectivity index is 2.02. The lowest BCUT2D eigenvalue weighted by Gasteiger charge is -2.13. The molecule has 0 spiro atoms. The molecule has 2 aromatic rings. The van der Waals surface area contributed by atoms with Crippen molar-refractivity contribution in [3.05, 3.63) is 71.3 Å². The number of rotatable bonds is 3. The maximum atomic E-state index is 11.8. The molecule has 0 bridgehead atoms. The van der Waals surface area contributed by atoms with E-state index < -0.39 is 11.4 Å². The van der Waals surface area contributed by atoms with E-state index in [2.05, 4.69) is 6.07 Å². The van der Waals surface area contributed by atoms with Gasteiger partial charge in [0, 0.05) is 5.92 Å². The normalized spacial score (nSPS) is 25.0. The predicted molar refractivity (Wildman–Crippen MR) is 74.3 cm³/mol. The third-order valence-corrected chi connectivity index (χ3v) is 4.08. The molecule has 1 aliphatic rings. The van der Waals surface area contributed by atoms with Crippen LogP contribution in [-0.4, -0.2) is 11.1 Å². The molecule has 0 aromatic heterocycles. The lowest BCUT2D eigenvalue weighted by atomic mass is 9.90. The fourth-order valence-corrected chi connectivity index (χ4v) is 2.97. The summed E-state index contributed by atoms with van der Waals surface area (Å²) in [6.45, 7) is 2.04. The zero-order chi connectivity index (χ0) is 13.5. The molecule has 2 unspecified atom stereocenters. The van der Waals surface area contributed by atoms with Crippen LogP contribution in [0.3, 0.4) is 0 Å². The van der Waals surface area contributed by atoms with Gasteiger partial charge in [-0.2, -0.15) is 0 Å². The minimum atomic E-state index is -0.727. The summed E-state index contributed by atoms with van der Waals surface area (Å²) in [4.78, 5) is 11.8. The quantitative estimate of drug-likeness (QED) is 0.907. The molecule has 0 saturated heterocycles. The van der Waals surface area contributed by atoms with E-state index in [9.17, 15) is 9.90 Å². The second-order valence-electron chi connectivity index (χ2n) is 5.31. The van der Waals surface area contributed by atoms with Gasteiger partial charge in [-0.1, -0.05) is 60.2 Å². The van der Waals surface area contributed by atoms with E-state index in [1.54, 1.807) is 0 Å². The Hall–Kier alpha value is -2.09. The van der Waals surface area contributed by atoms with Gasteiger partial charge in [0.15, 0.2) is 0 Å². The first-order valence-corrected chi connectivity index (χ1v) is 6.50. The SMILES string of the molecule is Cc1cccc(C2CC2(C(=O)O)c2ccccc2)c1. The lowest BCUT2D eigenvalue weighted by molar-refractivity contribution is -0.140. The van der Waals surface area contributed by atoms with Gasteiger partial charge in [-0.15, -0.1) is 0 Å². The molecule has 0 aliphatic heterocycles. The molecule has 1 fully saturated rings. The summed E-state index contributed by atoms with van der Waals surface area (Å²) in [5, 5.41) is 9.66.